The van der Waals surface area contributed by atoms with E-state index in [2.05, 4.69) is 5.32 Å². The summed E-state index contributed by atoms with van der Waals surface area (Å²) in [6.45, 7) is 0. The maximum Gasteiger partial charge on any atom is 0.267 e. The van der Waals surface area contributed by atoms with Crippen LogP contribution >= 0.6 is 0 Å². The molecule has 0 spiro atoms. The fourth-order valence-corrected chi connectivity index (χ4v) is 1.77. The number of hydrogen-bond donors (Lipinski definition) is 3. The molecule has 0 atom stereocenters. The Balaban J connectivity index is 2.35. The van der Waals surface area contributed by atoms with Gasteiger partial charge in [0.05, 0.1) is 11.3 Å². The van der Waals surface area contributed by atoms with E-state index in [1.54, 1.807) is 12.1 Å². The normalized spacial score (nSPS) is 10.0. The predicted molar refractivity (Wildman–Crippen MR) is 72.4 cm³/mol. The summed E-state index contributed by atoms with van der Waals surface area (Å²) in [5, 5.41) is 2.29. The number of hydrazine groups is 1. The number of nitrogens with two attached hydrogens (primary N) is 1. The first-order valence-corrected chi connectivity index (χ1v) is 5.90. The monoisotopic (exact) mass is 291 g/mol. The van der Waals surface area contributed by atoms with Crippen molar-refractivity contribution >= 4 is 17.5 Å². The van der Waals surface area contributed by atoms with Crippen LogP contribution in [-0.2, 0) is 0 Å². The van der Waals surface area contributed by atoms with E-state index in [-0.39, 0.29) is 11.3 Å². The van der Waals surface area contributed by atoms with Crippen molar-refractivity contribution in [3.8, 4) is 0 Å². The highest BCUT2D eigenvalue weighted by Gasteiger charge is 2.19. The lowest BCUT2D eigenvalue weighted by Crippen LogP contribution is -2.31. The van der Waals surface area contributed by atoms with Crippen molar-refractivity contribution in [1.82, 2.24) is 5.43 Å². The van der Waals surface area contributed by atoms with Gasteiger partial charge in [0.15, 0.2) is 0 Å². The molecule has 0 aliphatic rings. The first-order valence-electron chi connectivity index (χ1n) is 5.90. The van der Waals surface area contributed by atoms with E-state index in [0.29, 0.717) is 0 Å². The van der Waals surface area contributed by atoms with Crippen LogP contribution in [0.25, 0.3) is 0 Å². The van der Waals surface area contributed by atoms with Crippen molar-refractivity contribution in [3.63, 3.8) is 0 Å². The van der Waals surface area contributed by atoms with Crippen LogP contribution in [0.3, 0.4) is 0 Å². The number of hydrogen-bond acceptors (Lipinski definition) is 3. The molecular weight excluding hydrogens is 280 g/mol. The average Bonchev–Trinajstić information content (AvgIpc) is 2.47. The summed E-state index contributed by atoms with van der Waals surface area (Å²) in [4.78, 5) is 23.5. The average molecular weight is 291 g/mol. The molecule has 0 aliphatic heterocycles. The van der Waals surface area contributed by atoms with Crippen LogP contribution in [-0.4, -0.2) is 11.8 Å². The number of anilines is 1. The molecule has 7 heteroatoms. The molecule has 0 aliphatic carbocycles. The molecule has 0 saturated carbocycles. The number of para-hydroxylation sites is 1. The number of benzene rings is 2. The highest BCUT2D eigenvalue weighted by Crippen LogP contribution is 2.18. The van der Waals surface area contributed by atoms with Gasteiger partial charge in [-0.2, -0.15) is 0 Å². The van der Waals surface area contributed by atoms with E-state index < -0.39 is 29.0 Å². The Kier molecular flexibility index (Phi) is 4.24. The van der Waals surface area contributed by atoms with E-state index in [1.165, 1.54) is 12.1 Å². The lowest BCUT2D eigenvalue weighted by molar-refractivity contribution is 0.0954. The molecule has 0 radical (unpaired) electrons. The number of halogens is 2. The fourth-order valence-electron chi connectivity index (χ4n) is 1.77. The zero-order chi connectivity index (χ0) is 15.4. The molecule has 2 aromatic carbocycles. The lowest BCUT2D eigenvalue weighted by atomic mass is 10.1. The molecule has 0 fully saturated rings. The second kappa shape index (κ2) is 6.10. The summed E-state index contributed by atoms with van der Waals surface area (Å²) in [6, 6.07) is 9.03. The van der Waals surface area contributed by atoms with Gasteiger partial charge < -0.3 is 5.32 Å². The highest BCUT2D eigenvalue weighted by molar-refractivity contribution is 6.09. The SMILES string of the molecule is NNC(=O)c1ccccc1NC(=O)c1c(F)cccc1F. The Morgan fingerprint density at radius 1 is 0.905 bits per heavy atom. The molecule has 21 heavy (non-hydrogen) atoms. The predicted octanol–water partition coefficient (Wildman–Crippen LogP) is 1.82. The molecule has 2 aromatic rings. The van der Waals surface area contributed by atoms with Crippen LogP contribution in [0.15, 0.2) is 42.5 Å². The maximum atomic E-state index is 13.5. The van der Waals surface area contributed by atoms with Gasteiger partial charge >= 0.3 is 0 Å². The van der Waals surface area contributed by atoms with Gasteiger partial charge in [0, 0.05) is 0 Å². The first-order chi connectivity index (χ1) is 10.0. The topological polar surface area (TPSA) is 84.2 Å². The number of carbonyl (C=O) groups excluding carboxylic acids is 2. The van der Waals surface area contributed by atoms with Gasteiger partial charge in [-0.1, -0.05) is 18.2 Å². The minimum Gasteiger partial charge on any atom is -0.321 e. The Morgan fingerprint density at radius 2 is 1.52 bits per heavy atom. The third-order valence-electron chi connectivity index (χ3n) is 2.74. The van der Waals surface area contributed by atoms with Crippen molar-refractivity contribution in [2.24, 2.45) is 5.84 Å². The van der Waals surface area contributed by atoms with Gasteiger partial charge in [0.25, 0.3) is 11.8 Å². The summed E-state index contributed by atoms with van der Waals surface area (Å²) in [6.07, 6.45) is 0. The van der Waals surface area contributed by atoms with Crippen molar-refractivity contribution < 1.29 is 18.4 Å². The van der Waals surface area contributed by atoms with E-state index >= 15 is 0 Å². The number of carbonyl (C=O) groups is 2. The van der Waals surface area contributed by atoms with Crippen LogP contribution < -0.4 is 16.6 Å². The minimum atomic E-state index is -0.997. The third-order valence-corrected chi connectivity index (χ3v) is 2.74. The molecule has 2 amide bonds. The van der Waals surface area contributed by atoms with E-state index in [1.807, 2.05) is 5.43 Å². The standard InChI is InChI=1S/C14H11F2N3O2/c15-9-5-3-6-10(16)12(9)14(21)18-11-7-2-1-4-8(11)13(20)19-17/h1-7H,17H2,(H,18,21)(H,19,20). The Bertz CT molecular complexity index is 684. The summed E-state index contributed by atoms with van der Waals surface area (Å²) in [5.74, 6) is 1.41. The zero-order valence-corrected chi connectivity index (χ0v) is 10.7. The molecule has 0 aromatic heterocycles. The molecule has 2 rings (SSSR count). The van der Waals surface area contributed by atoms with Gasteiger partial charge in [-0.25, -0.2) is 14.6 Å². The van der Waals surface area contributed by atoms with E-state index in [4.69, 9.17) is 5.84 Å². The van der Waals surface area contributed by atoms with Gasteiger partial charge in [-0.05, 0) is 24.3 Å². The number of amides is 2. The zero-order valence-electron chi connectivity index (χ0n) is 10.7. The number of rotatable bonds is 3. The van der Waals surface area contributed by atoms with Crippen LogP contribution in [0.4, 0.5) is 14.5 Å². The van der Waals surface area contributed by atoms with Gasteiger partial charge in [0.2, 0.25) is 0 Å². The van der Waals surface area contributed by atoms with Crippen LogP contribution in [0.1, 0.15) is 20.7 Å². The number of nitrogens with one attached hydrogen (secondary N) is 2. The fraction of sp³-hybridized carbons (Fsp3) is 0. The summed E-state index contributed by atoms with van der Waals surface area (Å²) in [5.41, 5.74) is 1.36. The van der Waals surface area contributed by atoms with Gasteiger partial charge in [-0.3, -0.25) is 15.0 Å². The number of nitrogen functional groups attached to an aromatic ring is 1. The smallest absolute Gasteiger partial charge is 0.267 e. The van der Waals surface area contributed by atoms with Gasteiger partial charge in [0.1, 0.15) is 17.2 Å². The van der Waals surface area contributed by atoms with Crippen LogP contribution in [0.2, 0.25) is 0 Å². The molecule has 0 unspecified atom stereocenters. The molecule has 5 nitrogen and oxygen atoms in total. The van der Waals surface area contributed by atoms with Crippen molar-refractivity contribution in [3.05, 3.63) is 65.2 Å². The van der Waals surface area contributed by atoms with Crippen LogP contribution in [0.5, 0.6) is 0 Å². The van der Waals surface area contributed by atoms with E-state index in [0.717, 1.165) is 18.2 Å². The summed E-state index contributed by atoms with van der Waals surface area (Å²) < 4.78 is 27.1. The maximum absolute atomic E-state index is 13.5. The minimum absolute atomic E-state index is 0.0742. The Labute approximate surface area is 118 Å². The molecular formula is C14H11F2N3O2. The second-order valence-corrected chi connectivity index (χ2v) is 4.07. The van der Waals surface area contributed by atoms with Crippen molar-refractivity contribution in [2.75, 3.05) is 5.32 Å². The molecule has 0 saturated heterocycles. The second-order valence-electron chi connectivity index (χ2n) is 4.07. The Morgan fingerprint density at radius 3 is 2.14 bits per heavy atom. The summed E-state index contributed by atoms with van der Waals surface area (Å²) >= 11 is 0. The van der Waals surface area contributed by atoms with Crippen molar-refractivity contribution in [2.45, 2.75) is 0 Å². The van der Waals surface area contributed by atoms with E-state index in [9.17, 15) is 18.4 Å². The first kappa shape index (κ1) is 14.6. The molecule has 108 valence electrons. The lowest BCUT2D eigenvalue weighted by Gasteiger charge is -2.10. The van der Waals surface area contributed by atoms with Gasteiger partial charge in [-0.15, -0.1) is 0 Å². The summed E-state index contributed by atoms with van der Waals surface area (Å²) in [7, 11) is 0. The molecule has 4 N–H and O–H groups in total. The van der Waals surface area contributed by atoms with Crippen molar-refractivity contribution in [1.29, 1.82) is 0 Å². The Hall–Kier alpha value is -2.80. The third kappa shape index (κ3) is 3.03. The quantitative estimate of drug-likeness (QED) is 0.458. The molecule has 0 heterocycles. The highest BCUT2D eigenvalue weighted by atomic mass is 19.1. The van der Waals surface area contributed by atoms with Crippen LogP contribution in [0, 0.1) is 11.6 Å². The molecule has 0 bridgehead atoms. The largest absolute Gasteiger partial charge is 0.321 e.